The molecule has 3 aromatic carbocycles. The number of benzene rings is 3. The van der Waals surface area contributed by atoms with Gasteiger partial charge in [0.15, 0.2) is 11.5 Å². The van der Waals surface area contributed by atoms with Gasteiger partial charge < -0.3 is 9.47 Å². The van der Waals surface area contributed by atoms with Crippen LogP contribution in [0.4, 0.5) is 10.5 Å². The Kier molecular flexibility index (Phi) is 7.65. The van der Waals surface area contributed by atoms with Crippen LogP contribution < -0.4 is 14.4 Å². The molecule has 0 saturated carbocycles. The topological polar surface area (TPSA) is 55.8 Å². The summed E-state index contributed by atoms with van der Waals surface area (Å²) in [4.78, 5) is 26.7. The molecule has 0 atom stereocenters. The summed E-state index contributed by atoms with van der Waals surface area (Å²) in [6.07, 6.45) is 1.58. The van der Waals surface area contributed by atoms with Gasteiger partial charge in [-0.1, -0.05) is 52.5 Å². The van der Waals surface area contributed by atoms with Crippen LogP contribution in [-0.2, 0) is 11.4 Å². The van der Waals surface area contributed by atoms with Crippen LogP contribution in [0.3, 0.4) is 0 Å². The van der Waals surface area contributed by atoms with Crippen molar-refractivity contribution in [1.82, 2.24) is 0 Å². The van der Waals surface area contributed by atoms with Crippen LogP contribution in [0.1, 0.15) is 11.1 Å². The summed E-state index contributed by atoms with van der Waals surface area (Å²) in [5.41, 5.74) is 1.81. The molecule has 1 heterocycles. The molecule has 1 fully saturated rings. The van der Waals surface area contributed by atoms with E-state index in [1.165, 1.54) is 7.11 Å². The molecule has 1 saturated heterocycles. The minimum atomic E-state index is -0.438. The lowest BCUT2D eigenvalue weighted by Gasteiger charge is -2.14. The van der Waals surface area contributed by atoms with E-state index in [0.717, 1.165) is 22.2 Å². The van der Waals surface area contributed by atoms with Crippen molar-refractivity contribution in [2.24, 2.45) is 0 Å². The van der Waals surface area contributed by atoms with Crippen LogP contribution >= 0.6 is 58.2 Å². The van der Waals surface area contributed by atoms with E-state index in [1.54, 1.807) is 60.7 Å². The Balaban J connectivity index is 1.57. The van der Waals surface area contributed by atoms with E-state index in [4.69, 9.17) is 55.9 Å². The Morgan fingerprint density at radius 1 is 0.912 bits per heavy atom. The molecule has 1 aliphatic heterocycles. The van der Waals surface area contributed by atoms with Gasteiger partial charge in [0.05, 0.1) is 32.8 Å². The molecule has 0 radical (unpaired) electrons. The van der Waals surface area contributed by atoms with E-state index in [-0.39, 0.29) is 16.5 Å². The van der Waals surface area contributed by atoms with Crippen molar-refractivity contribution in [2.75, 3.05) is 12.0 Å². The summed E-state index contributed by atoms with van der Waals surface area (Å²) < 4.78 is 11.3. The lowest BCUT2D eigenvalue weighted by atomic mass is 10.1. The smallest absolute Gasteiger partial charge is 0.298 e. The SMILES string of the molecule is COc1cc(/C=C2/SC(=O)N(c3ccc(Cl)cc3)C2=O)cc(Cl)c1OCc1ccc(Cl)c(Cl)c1. The first-order valence-electron chi connectivity index (χ1n) is 9.74. The lowest BCUT2D eigenvalue weighted by Crippen LogP contribution is -2.27. The van der Waals surface area contributed by atoms with E-state index in [1.807, 2.05) is 0 Å². The average molecular weight is 555 g/mol. The summed E-state index contributed by atoms with van der Waals surface area (Å²) in [6.45, 7) is 0.187. The van der Waals surface area contributed by atoms with E-state index >= 15 is 0 Å². The quantitative estimate of drug-likeness (QED) is 0.288. The second kappa shape index (κ2) is 10.5. The van der Waals surface area contributed by atoms with Gasteiger partial charge in [0.25, 0.3) is 11.1 Å². The molecule has 0 N–H and O–H groups in total. The maximum Gasteiger partial charge on any atom is 0.298 e. The first-order valence-corrected chi connectivity index (χ1v) is 12.1. The molecule has 5 nitrogen and oxygen atoms in total. The number of ether oxygens (including phenoxy) is 2. The van der Waals surface area contributed by atoms with Crippen LogP contribution in [0.15, 0.2) is 59.5 Å². The normalized spacial score (nSPS) is 14.7. The number of rotatable bonds is 6. The van der Waals surface area contributed by atoms with Crippen molar-refractivity contribution in [2.45, 2.75) is 6.61 Å². The van der Waals surface area contributed by atoms with Crippen LogP contribution in [0.25, 0.3) is 6.08 Å². The van der Waals surface area contributed by atoms with E-state index in [9.17, 15) is 9.59 Å². The average Bonchev–Trinajstić information content (AvgIpc) is 3.08. The van der Waals surface area contributed by atoms with E-state index in [2.05, 4.69) is 0 Å². The Morgan fingerprint density at radius 2 is 1.65 bits per heavy atom. The molecule has 2 amide bonds. The van der Waals surface area contributed by atoms with Crippen molar-refractivity contribution >= 4 is 81.1 Å². The number of hydrogen-bond donors (Lipinski definition) is 0. The monoisotopic (exact) mass is 553 g/mol. The number of thioether (sulfide) groups is 1. The van der Waals surface area contributed by atoms with Gasteiger partial charge in [0.2, 0.25) is 0 Å². The largest absolute Gasteiger partial charge is 0.493 e. The fourth-order valence-electron chi connectivity index (χ4n) is 3.18. The maximum atomic E-state index is 12.9. The van der Waals surface area contributed by atoms with Gasteiger partial charge in [-0.25, -0.2) is 4.90 Å². The van der Waals surface area contributed by atoms with Crippen LogP contribution in [0.2, 0.25) is 20.1 Å². The number of carbonyl (C=O) groups excluding carboxylic acids is 2. The number of hydrogen-bond acceptors (Lipinski definition) is 5. The van der Waals surface area contributed by atoms with Gasteiger partial charge in [0.1, 0.15) is 6.61 Å². The fraction of sp³-hybridized carbons (Fsp3) is 0.0833. The highest BCUT2D eigenvalue weighted by molar-refractivity contribution is 8.19. The lowest BCUT2D eigenvalue weighted by molar-refractivity contribution is -0.113. The fourth-order valence-corrected chi connectivity index (χ4v) is 4.74. The zero-order valence-corrected chi connectivity index (χ0v) is 21.3. The first-order chi connectivity index (χ1) is 16.3. The summed E-state index contributed by atoms with van der Waals surface area (Å²) in [7, 11) is 1.48. The summed E-state index contributed by atoms with van der Waals surface area (Å²) in [5, 5.41) is 1.25. The second-order valence-corrected chi connectivity index (χ2v) is 9.72. The molecule has 0 unspecified atom stereocenters. The molecule has 0 spiro atoms. The highest BCUT2D eigenvalue weighted by Gasteiger charge is 2.36. The molecule has 34 heavy (non-hydrogen) atoms. The Hall–Kier alpha value is -2.35. The van der Waals surface area contributed by atoms with Crippen molar-refractivity contribution in [3.63, 3.8) is 0 Å². The molecule has 174 valence electrons. The van der Waals surface area contributed by atoms with Crippen molar-refractivity contribution in [3.05, 3.63) is 90.7 Å². The second-order valence-electron chi connectivity index (χ2n) is 7.06. The first kappa shape index (κ1) is 24.8. The minimum absolute atomic E-state index is 0.187. The van der Waals surface area contributed by atoms with E-state index < -0.39 is 11.1 Å². The molecule has 0 aromatic heterocycles. The maximum absolute atomic E-state index is 12.9. The zero-order chi connectivity index (χ0) is 24.4. The van der Waals surface area contributed by atoms with Gasteiger partial charge in [-0.15, -0.1) is 0 Å². The minimum Gasteiger partial charge on any atom is -0.493 e. The summed E-state index contributed by atoms with van der Waals surface area (Å²) >= 11 is 25.2. The van der Waals surface area contributed by atoms with E-state index in [0.29, 0.717) is 37.8 Å². The molecular formula is C24H15Cl4NO4S. The third-order valence-corrected chi connectivity index (χ3v) is 6.94. The molecule has 1 aliphatic rings. The predicted molar refractivity (Wildman–Crippen MR) is 139 cm³/mol. The predicted octanol–water partition coefficient (Wildman–Crippen LogP) is 8.13. The summed E-state index contributed by atoms with van der Waals surface area (Å²) in [5.74, 6) is 0.268. The Bertz CT molecular complexity index is 1310. The van der Waals surface area contributed by atoms with Crippen LogP contribution in [0, 0.1) is 0 Å². The van der Waals surface area contributed by atoms with Crippen LogP contribution in [-0.4, -0.2) is 18.3 Å². The molecule has 0 aliphatic carbocycles. The number of amides is 2. The number of halogens is 4. The van der Waals surface area contributed by atoms with Gasteiger partial charge in [-0.05, 0) is 77.5 Å². The van der Waals surface area contributed by atoms with Gasteiger partial charge >= 0.3 is 0 Å². The molecular weight excluding hydrogens is 540 g/mol. The number of carbonyl (C=O) groups is 2. The molecule has 4 rings (SSSR count). The molecule has 10 heteroatoms. The standard InChI is InChI=1S/C24H15Cl4NO4S/c1-32-20-10-14(9-19(28)22(20)33-12-13-2-7-17(26)18(27)8-13)11-21-23(30)29(24(31)34-21)16-5-3-15(25)4-6-16/h2-11H,12H2,1H3/b21-11+. The van der Waals surface area contributed by atoms with Crippen molar-refractivity contribution < 1.29 is 19.1 Å². The Labute approximate surface area is 220 Å². The number of methoxy groups -OCH3 is 1. The highest BCUT2D eigenvalue weighted by atomic mass is 35.5. The molecule has 0 bridgehead atoms. The number of anilines is 1. The third kappa shape index (κ3) is 5.32. The Morgan fingerprint density at radius 3 is 2.32 bits per heavy atom. The van der Waals surface area contributed by atoms with Crippen molar-refractivity contribution in [1.29, 1.82) is 0 Å². The van der Waals surface area contributed by atoms with Crippen molar-refractivity contribution in [3.8, 4) is 11.5 Å². The van der Waals surface area contributed by atoms with Crippen LogP contribution in [0.5, 0.6) is 11.5 Å². The summed E-state index contributed by atoms with van der Waals surface area (Å²) in [6, 6.07) is 14.9. The van der Waals surface area contributed by atoms with Gasteiger partial charge in [-0.3, -0.25) is 9.59 Å². The number of imide groups is 1. The third-order valence-electron chi connectivity index (χ3n) is 4.80. The number of nitrogens with zero attached hydrogens (tertiary/aromatic N) is 1. The molecule has 3 aromatic rings. The van der Waals surface area contributed by atoms with Gasteiger partial charge in [0, 0.05) is 5.02 Å². The zero-order valence-electron chi connectivity index (χ0n) is 17.5. The van der Waals surface area contributed by atoms with Gasteiger partial charge in [-0.2, -0.15) is 0 Å². The highest BCUT2D eigenvalue weighted by Crippen LogP contribution is 2.40.